The monoisotopic (exact) mass is 435 g/mol. The van der Waals surface area contributed by atoms with Crippen molar-refractivity contribution in [3.8, 4) is 5.75 Å². The Balaban J connectivity index is 3.33. The van der Waals surface area contributed by atoms with Gasteiger partial charge < -0.3 is 25.4 Å². The normalized spacial score (nSPS) is 13.9. The van der Waals surface area contributed by atoms with Gasteiger partial charge in [-0.3, -0.25) is 9.59 Å². The van der Waals surface area contributed by atoms with E-state index in [4.69, 9.17) is 4.74 Å². The van der Waals surface area contributed by atoms with Gasteiger partial charge in [-0.25, -0.2) is 4.79 Å². The SMILES string of the molecule is CC(NC(=O)OC(C)(C)C)C(=O)N(C(C)C)C(C(=O)NC(C)(C)C)c1ccccc1O. The molecule has 1 aromatic carbocycles. The minimum Gasteiger partial charge on any atom is -0.508 e. The van der Waals surface area contributed by atoms with E-state index in [1.165, 1.54) is 17.9 Å². The molecule has 0 aliphatic heterocycles. The van der Waals surface area contributed by atoms with Crippen molar-refractivity contribution in [3.05, 3.63) is 29.8 Å². The summed E-state index contributed by atoms with van der Waals surface area (Å²) in [7, 11) is 0. The van der Waals surface area contributed by atoms with E-state index in [0.29, 0.717) is 5.56 Å². The zero-order valence-corrected chi connectivity index (χ0v) is 20.1. The summed E-state index contributed by atoms with van der Waals surface area (Å²) in [6.07, 6.45) is -0.727. The maximum Gasteiger partial charge on any atom is 0.408 e. The average molecular weight is 436 g/mol. The largest absolute Gasteiger partial charge is 0.508 e. The summed E-state index contributed by atoms with van der Waals surface area (Å²) in [6.45, 7) is 15.8. The number of rotatable bonds is 6. The summed E-state index contributed by atoms with van der Waals surface area (Å²) in [5.74, 6) is -0.999. The number of hydrogen-bond donors (Lipinski definition) is 3. The number of amides is 3. The van der Waals surface area contributed by atoms with Crippen LogP contribution in [-0.2, 0) is 14.3 Å². The molecule has 2 unspecified atom stereocenters. The van der Waals surface area contributed by atoms with Gasteiger partial charge in [-0.05, 0) is 68.4 Å². The van der Waals surface area contributed by atoms with E-state index in [0.717, 1.165) is 0 Å². The number of nitrogens with zero attached hydrogens (tertiary/aromatic N) is 1. The van der Waals surface area contributed by atoms with Crippen LogP contribution < -0.4 is 10.6 Å². The van der Waals surface area contributed by atoms with Crippen molar-refractivity contribution in [1.29, 1.82) is 0 Å². The Kier molecular flexibility index (Phi) is 8.49. The highest BCUT2D eigenvalue weighted by molar-refractivity contribution is 5.92. The van der Waals surface area contributed by atoms with Gasteiger partial charge in [-0.1, -0.05) is 18.2 Å². The van der Waals surface area contributed by atoms with Gasteiger partial charge in [0.1, 0.15) is 23.4 Å². The number of phenols is 1. The number of aromatic hydroxyl groups is 1. The molecule has 1 rings (SSSR count). The van der Waals surface area contributed by atoms with Crippen LogP contribution in [0, 0.1) is 0 Å². The quantitative estimate of drug-likeness (QED) is 0.634. The molecule has 3 N–H and O–H groups in total. The molecule has 1 aromatic rings. The van der Waals surface area contributed by atoms with Crippen LogP contribution in [0.3, 0.4) is 0 Å². The standard InChI is InChI=1S/C23H37N3O5/c1-14(2)26(20(29)15(3)24-21(30)31-23(7,8)9)18(19(28)25-22(4,5)6)16-12-10-11-13-17(16)27/h10-15,18,27H,1-9H3,(H,24,30)(H,25,28). The van der Waals surface area contributed by atoms with Gasteiger partial charge in [0.05, 0.1) is 0 Å². The Labute approximate surface area is 185 Å². The Morgan fingerprint density at radius 2 is 1.55 bits per heavy atom. The van der Waals surface area contributed by atoms with Gasteiger partial charge in [0.25, 0.3) is 0 Å². The van der Waals surface area contributed by atoms with Crippen molar-refractivity contribution in [2.24, 2.45) is 0 Å². The van der Waals surface area contributed by atoms with Crippen LogP contribution in [0.15, 0.2) is 24.3 Å². The van der Waals surface area contributed by atoms with Crippen molar-refractivity contribution in [2.45, 2.75) is 91.6 Å². The molecule has 0 radical (unpaired) electrons. The first-order chi connectivity index (χ1) is 14.0. The molecule has 0 aliphatic rings. The Bertz CT molecular complexity index is 793. The summed E-state index contributed by atoms with van der Waals surface area (Å²) >= 11 is 0. The Hall–Kier alpha value is -2.77. The van der Waals surface area contributed by atoms with Crippen molar-refractivity contribution in [2.75, 3.05) is 0 Å². The molecule has 0 aromatic heterocycles. The lowest BCUT2D eigenvalue weighted by molar-refractivity contribution is -0.144. The van der Waals surface area contributed by atoms with E-state index >= 15 is 0 Å². The van der Waals surface area contributed by atoms with E-state index < -0.39 is 47.2 Å². The Morgan fingerprint density at radius 1 is 1.00 bits per heavy atom. The number of phenolic OH excluding ortho intramolecular Hbond substituents is 1. The molecule has 8 heteroatoms. The van der Waals surface area contributed by atoms with Crippen LogP contribution in [0.2, 0.25) is 0 Å². The van der Waals surface area contributed by atoms with E-state index in [2.05, 4.69) is 10.6 Å². The minimum absolute atomic E-state index is 0.0947. The van der Waals surface area contributed by atoms with Gasteiger partial charge in [0.2, 0.25) is 11.8 Å². The molecule has 0 heterocycles. The highest BCUT2D eigenvalue weighted by Gasteiger charge is 2.38. The maximum absolute atomic E-state index is 13.4. The van der Waals surface area contributed by atoms with Crippen LogP contribution in [0.1, 0.15) is 73.9 Å². The minimum atomic E-state index is -1.09. The summed E-state index contributed by atoms with van der Waals surface area (Å²) in [5.41, 5.74) is -0.961. The second-order valence-electron chi connectivity index (χ2n) is 9.91. The highest BCUT2D eigenvalue weighted by Crippen LogP contribution is 2.31. The fraction of sp³-hybridized carbons (Fsp3) is 0.609. The third-order valence-corrected chi connectivity index (χ3v) is 4.17. The van der Waals surface area contributed by atoms with Gasteiger partial charge in [-0.15, -0.1) is 0 Å². The second-order valence-corrected chi connectivity index (χ2v) is 9.91. The lowest BCUT2D eigenvalue weighted by Gasteiger charge is -2.38. The molecule has 8 nitrogen and oxygen atoms in total. The molecule has 0 saturated heterocycles. The maximum atomic E-state index is 13.4. The molecule has 0 fully saturated rings. The molecule has 0 spiro atoms. The van der Waals surface area contributed by atoms with E-state index in [1.54, 1.807) is 52.8 Å². The first-order valence-electron chi connectivity index (χ1n) is 10.4. The molecule has 3 amide bonds. The summed E-state index contributed by atoms with van der Waals surface area (Å²) in [5, 5.41) is 15.9. The predicted octanol–water partition coefficient (Wildman–Crippen LogP) is 3.50. The number of para-hydroxylation sites is 1. The second kappa shape index (κ2) is 10.0. The lowest BCUT2D eigenvalue weighted by atomic mass is 9.98. The number of nitrogens with one attached hydrogen (secondary N) is 2. The van der Waals surface area contributed by atoms with Crippen LogP contribution in [-0.4, -0.2) is 51.1 Å². The number of ether oxygens (including phenoxy) is 1. The smallest absolute Gasteiger partial charge is 0.408 e. The zero-order chi connectivity index (χ0) is 24.1. The number of carbonyl (C=O) groups excluding carboxylic acids is 3. The number of hydrogen-bond acceptors (Lipinski definition) is 5. The van der Waals surface area contributed by atoms with E-state index in [1.807, 2.05) is 20.8 Å². The molecular weight excluding hydrogens is 398 g/mol. The van der Waals surface area contributed by atoms with Crippen molar-refractivity contribution < 1.29 is 24.2 Å². The summed E-state index contributed by atoms with van der Waals surface area (Å²) < 4.78 is 5.24. The molecular formula is C23H37N3O5. The van der Waals surface area contributed by atoms with Crippen molar-refractivity contribution in [3.63, 3.8) is 0 Å². The van der Waals surface area contributed by atoms with Gasteiger partial charge in [0.15, 0.2) is 0 Å². The fourth-order valence-electron chi connectivity index (χ4n) is 3.02. The molecule has 2 atom stereocenters. The van der Waals surface area contributed by atoms with Gasteiger partial charge in [0, 0.05) is 17.1 Å². The average Bonchev–Trinajstić information content (AvgIpc) is 2.56. The molecule has 0 bridgehead atoms. The number of benzene rings is 1. The molecule has 31 heavy (non-hydrogen) atoms. The number of carbonyl (C=O) groups is 3. The third-order valence-electron chi connectivity index (χ3n) is 4.17. The summed E-state index contributed by atoms with van der Waals surface area (Å²) in [6, 6.07) is 3.98. The van der Waals surface area contributed by atoms with E-state index in [9.17, 15) is 19.5 Å². The van der Waals surface area contributed by atoms with Gasteiger partial charge >= 0.3 is 6.09 Å². The van der Waals surface area contributed by atoms with Crippen molar-refractivity contribution in [1.82, 2.24) is 15.5 Å². The number of alkyl carbamates (subject to hydrolysis) is 1. The Morgan fingerprint density at radius 3 is 2.00 bits per heavy atom. The fourth-order valence-corrected chi connectivity index (χ4v) is 3.02. The predicted molar refractivity (Wildman–Crippen MR) is 120 cm³/mol. The third kappa shape index (κ3) is 8.11. The first-order valence-corrected chi connectivity index (χ1v) is 10.4. The van der Waals surface area contributed by atoms with E-state index in [-0.39, 0.29) is 5.75 Å². The van der Waals surface area contributed by atoms with Crippen LogP contribution >= 0.6 is 0 Å². The van der Waals surface area contributed by atoms with Gasteiger partial charge in [-0.2, -0.15) is 0 Å². The van der Waals surface area contributed by atoms with Crippen molar-refractivity contribution >= 4 is 17.9 Å². The molecule has 0 saturated carbocycles. The summed E-state index contributed by atoms with van der Waals surface area (Å²) in [4.78, 5) is 40.2. The van der Waals surface area contributed by atoms with Crippen LogP contribution in [0.4, 0.5) is 4.79 Å². The van der Waals surface area contributed by atoms with Crippen LogP contribution in [0.5, 0.6) is 5.75 Å². The molecule has 0 aliphatic carbocycles. The first kappa shape index (κ1) is 26.3. The topological polar surface area (TPSA) is 108 Å². The lowest BCUT2D eigenvalue weighted by Crippen LogP contribution is -2.55. The van der Waals surface area contributed by atoms with Crippen LogP contribution in [0.25, 0.3) is 0 Å². The highest BCUT2D eigenvalue weighted by atomic mass is 16.6. The zero-order valence-electron chi connectivity index (χ0n) is 20.1. The molecule has 174 valence electrons.